The maximum atomic E-state index is 12.6. The molecule has 4 rings (SSSR count). The molecule has 0 amide bonds. The number of carbonyl (C=O) groups is 1. The van der Waals surface area contributed by atoms with Crippen molar-refractivity contribution in [3.05, 3.63) is 35.5 Å². The van der Waals surface area contributed by atoms with Crippen molar-refractivity contribution < 1.29 is 20.1 Å². The number of hydrogen-bond acceptors (Lipinski definition) is 4. The molecule has 8 atom stereocenters. The molecule has 4 aliphatic carbocycles. The van der Waals surface area contributed by atoms with Crippen molar-refractivity contribution in [3.63, 3.8) is 0 Å². The largest absolute Gasteiger partial charge is 0.392 e. The molecule has 0 heterocycles. The number of carbonyl (C=O) groups excluding carboxylic acids is 1. The number of ketones is 1. The standard InChI is InChI=1S/C25H36O4/c1-15(26)10-11-25(3,29)23-9-4-17-12-16(14-24(17,23)2)19-7-8-21-20(19)6-5-18(27)13-22(21)28/h6,10-12,15,17-19,21,23,26-27,29H,4-5,7-9,13-14H2,1-3H3/b11-10+/t15-,17+,18-,19-,21-,23+,24-,25+/m1/s1. The van der Waals surface area contributed by atoms with Crippen LogP contribution in [-0.4, -0.2) is 38.9 Å². The maximum Gasteiger partial charge on any atom is 0.142 e. The van der Waals surface area contributed by atoms with Crippen LogP contribution in [0.3, 0.4) is 0 Å². The Bertz CT molecular complexity index is 759. The summed E-state index contributed by atoms with van der Waals surface area (Å²) in [6.45, 7) is 5.89. The average molecular weight is 401 g/mol. The molecular weight excluding hydrogens is 364 g/mol. The van der Waals surface area contributed by atoms with Gasteiger partial charge in [-0.15, -0.1) is 0 Å². The zero-order chi connectivity index (χ0) is 21.0. The van der Waals surface area contributed by atoms with Crippen molar-refractivity contribution >= 4 is 5.78 Å². The molecule has 0 aliphatic heterocycles. The van der Waals surface area contributed by atoms with Crippen LogP contribution in [0.5, 0.6) is 0 Å². The maximum absolute atomic E-state index is 12.6. The summed E-state index contributed by atoms with van der Waals surface area (Å²) in [5.41, 5.74) is 1.76. The lowest BCUT2D eigenvalue weighted by Gasteiger charge is -2.40. The Balaban J connectivity index is 1.56. The minimum absolute atomic E-state index is 0.000763. The van der Waals surface area contributed by atoms with Crippen molar-refractivity contribution in [2.75, 3.05) is 0 Å². The Hall–Kier alpha value is -1.23. The minimum Gasteiger partial charge on any atom is -0.392 e. The third-order valence-electron chi connectivity index (χ3n) is 8.27. The van der Waals surface area contributed by atoms with E-state index in [0.29, 0.717) is 18.3 Å². The fourth-order valence-corrected chi connectivity index (χ4v) is 6.87. The fraction of sp³-hybridized carbons (Fsp3) is 0.720. The van der Waals surface area contributed by atoms with Crippen LogP contribution in [0.4, 0.5) is 0 Å². The van der Waals surface area contributed by atoms with Crippen LogP contribution in [0.15, 0.2) is 35.5 Å². The van der Waals surface area contributed by atoms with Crippen LogP contribution in [0, 0.1) is 29.1 Å². The van der Waals surface area contributed by atoms with Gasteiger partial charge in [0.25, 0.3) is 0 Å². The van der Waals surface area contributed by atoms with Crippen molar-refractivity contribution in [1.82, 2.24) is 0 Å². The first-order chi connectivity index (χ1) is 13.6. The fourth-order valence-electron chi connectivity index (χ4n) is 6.87. The molecule has 0 saturated heterocycles. The Morgan fingerprint density at radius 2 is 1.97 bits per heavy atom. The zero-order valence-electron chi connectivity index (χ0n) is 18.0. The smallest absolute Gasteiger partial charge is 0.142 e. The summed E-state index contributed by atoms with van der Waals surface area (Å²) in [6, 6.07) is 0. The number of Topliss-reactive ketones (excluding diaryl/α,β-unsaturated/α-hetero) is 1. The molecule has 0 unspecified atom stereocenters. The Morgan fingerprint density at radius 3 is 2.69 bits per heavy atom. The van der Waals surface area contributed by atoms with E-state index in [2.05, 4.69) is 19.1 Å². The third kappa shape index (κ3) is 3.68. The summed E-state index contributed by atoms with van der Waals surface area (Å²) in [5.74, 6) is 1.14. The summed E-state index contributed by atoms with van der Waals surface area (Å²) in [4.78, 5) is 12.6. The topological polar surface area (TPSA) is 77.8 Å². The lowest BCUT2D eigenvalue weighted by molar-refractivity contribution is -0.123. The van der Waals surface area contributed by atoms with E-state index >= 15 is 0 Å². The number of rotatable bonds is 4. The third-order valence-corrected chi connectivity index (χ3v) is 8.27. The molecule has 3 N–H and O–H groups in total. The Morgan fingerprint density at radius 1 is 1.24 bits per heavy atom. The molecule has 0 spiro atoms. The number of aliphatic hydroxyl groups excluding tert-OH is 2. The van der Waals surface area contributed by atoms with Crippen LogP contribution in [-0.2, 0) is 4.79 Å². The summed E-state index contributed by atoms with van der Waals surface area (Å²) < 4.78 is 0. The van der Waals surface area contributed by atoms with Gasteiger partial charge >= 0.3 is 0 Å². The van der Waals surface area contributed by atoms with E-state index in [9.17, 15) is 20.1 Å². The number of allylic oxidation sites excluding steroid dienone is 3. The van der Waals surface area contributed by atoms with Crippen molar-refractivity contribution in [2.24, 2.45) is 29.1 Å². The van der Waals surface area contributed by atoms with E-state index in [0.717, 1.165) is 32.1 Å². The normalized spacial score (nSPS) is 42.8. The SMILES string of the molecule is C[C@@H](O)/C=C/[C@](C)(O)[C@H]1CC[C@H]2C=C([C@H]3CC[C@H]4C(=O)C[C@H](O)CC=C34)C[C@]21C. The first-order valence-electron chi connectivity index (χ1n) is 11.3. The number of hydrogen-bond donors (Lipinski definition) is 3. The lowest BCUT2D eigenvalue weighted by Crippen LogP contribution is -2.41. The molecule has 4 aliphatic rings. The Kier molecular flexibility index (Phi) is 5.42. The molecule has 0 bridgehead atoms. The minimum atomic E-state index is -0.941. The van der Waals surface area contributed by atoms with Crippen LogP contribution in [0.25, 0.3) is 0 Å². The van der Waals surface area contributed by atoms with Gasteiger partial charge in [-0.2, -0.15) is 0 Å². The molecule has 160 valence electrons. The van der Waals surface area contributed by atoms with E-state index in [-0.39, 0.29) is 29.5 Å². The monoisotopic (exact) mass is 400 g/mol. The van der Waals surface area contributed by atoms with Crippen LogP contribution < -0.4 is 0 Å². The predicted octanol–water partition coefficient (Wildman–Crippen LogP) is 3.71. The number of aliphatic hydroxyl groups is 3. The second-order valence-corrected chi connectivity index (χ2v) is 10.4. The van der Waals surface area contributed by atoms with Crippen LogP contribution in [0.1, 0.15) is 65.7 Å². The van der Waals surface area contributed by atoms with Crippen LogP contribution >= 0.6 is 0 Å². The van der Waals surface area contributed by atoms with Gasteiger partial charge in [0.15, 0.2) is 0 Å². The lowest BCUT2D eigenvalue weighted by atomic mass is 9.67. The molecule has 0 aromatic rings. The van der Waals surface area contributed by atoms with Gasteiger partial charge in [0.1, 0.15) is 5.78 Å². The van der Waals surface area contributed by atoms with E-state index in [1.165, 1.54) is 11.1 Å². The first kappa shape index (κ1) is 21.0. The highest BCUT2D eigenvalue weighted by Crippen LogP contribution is 2.62. The summed E-state index contributed by atoms with van der Waals surface area (Å²) >= 11 is 0. The van der Waals surface area contributed by atoms with Crippen molar-refractivity contribution in [2.45, 2.75) is 83.5 Å². The van der Waals surface area contributed by atoms with E-state index in [4.69, 9.17) is 0 Å². The van der Waals surface area contributed by atoms with Crippen molar-refractivity contribution in [3.8, 4) is 0 Å². The molecule has 0 aromatic carbocycles. The molecule has 2 saturated carbocycles. The molecule has 0 radical (unpaired) electrons. The van der Waals surface area contributed by atoms with Gasteiger partial charge < -0.3 is 15.3 Å². The highest BCUT2D eigenvalue weighted by atomic mass is 16.3. The van der Waals surface area contributed by atoms with Gasteiger partial charge in [0, 0.05) is 18.3 Å². The van der Waals surface area contributed by atoms with E-state index in [1.807, 2.05) is 6.92 Å². The number of fused-ring (bicyclic) bond motifs is 2. The summed E-state index contributed by atoms with van der Waals surface area (Å²) in [7, 11) is 0. The summed E-state index contributed by atoms with van der Waals surface area (Å²) in [6.07, 6.45) is 12.8. The predicted molar refractivity (Wildman–Crippen MR) is 113 cm³/mol. The molecule has 4 nitrogen and oxygen atoms in total. The average Bonchev–Trinajstić information content (AvgIpc) is 3.25. The molecular formula is C25H36O4. The van der Waals surface area contributed by atoms with Gasteiger partial charge in [0.05, 0.1) is 17.8 Å². The molecule has 4 heteroatoms. The van der Waals surface area contributed by atoms with Crippen LogP contribution in [0.2, 0.25) is 0 Å². The second-order valence-electron chi connectivity index (χ2n) is 10.4. The second kappa shape index (κ2) is 7.47. The van der Waals surface area contributed by atoms with Gasteiger partial charge in [-0.25, -0.2) is 0 Å². The molecule has 29 heavy (non-hydrogen) atoms. The van der Waals surface area contributed by atoms with Gasteiger partial charge in [0.2, 0.25) is 0 Å². The van der Waals surface area contributed by atoms with E-state index < -0.39 is 17.8 Å². The van der Waals surface area contributed by atoms with Gasteiger partial charge in [-0.3, -0.25) is 4.79 Å². The summed E-state index contributed by atoms with van der Waals surface area (Å²) in [5, 5.41) is 30.8. The quantitative estimate of drug-likeness (QED) is 0.629. The zero-order valence-corrected chi connectivity index (χ0v) is 18.0. The van der Waals surface area contributed by atoms with Gasteiger partial charge in [-0.05, 0) is 69.6 Å². The molecule has 2 fully saturated rings. The molecule has 0 aromatic heterocycles. The Labute approximate surface area is 174 Å². The van der Waals surface area contributed by atoms with E-state index in [1.54, 1.807) is 19.1 Å². The first-order valence-corrected chi connectivity index (χ1v) is 11.3. The highest BCUT2D eigenvalue weighted by molar-refractivity contribution is 5.85. The van der Waals surface area contributed by atoms with Crippen molar-refractivity contribution in [1.29, 1.82) is 0 Å². The van der Waals surface area contributed by atoms with Gasteiger partial charge in [-0.1, -0.05) is 42.4 Å². The highest BCUT2D eigenvalue weighted by Gasteiger charge is 2.55.